The summed E-state index contributed by atoms with van der Waals surface area (Å²) < 4.78 is 28.3. The van der Waals surface area contributed by atoms with Gasteiger partial charge in [0, 0.05) is 22.1 Å². The molecule has 20 heavy (non-hydrogen) atoms. The molecule has 106 valence electrons. The van der Waals surface area contributed by atoms with Crippen LogP contribution in [0.2, 0.25) is 0 Å². The van der Waals surface area contributed by atoms with Gasteiger partial charge in [0.2, 0.25) is 0 Å². The Morgan fingerprint density at radius 1 is 1.10 bits per heavy atom. The molecular weight excluding hydrogens is 324 g/mol. The van der Waals surface area contributed by atoms with E-state index in [-0.39, 0.29) is 6.04 Å². The molecule has 2 rings (SSSR count). The van der Waals surface area contributed by atoms with E-state index in [1.54, 1.807) is 20.0 Å². The summed E-state index contributed by atoms with van der Waals surface area (Å²) in [6, 6.07) is 10.2. The third kappa shape index (κ3) is 3.44. The van der Waals surface area contributed by atoms with Crippen LogP contribution in [0.5, 0.6) is 0 Å². The largest absolute Gasteiger partial charge is 0.313 e. The van der Waals surface area contributed by atoms with Crippen molar-refractivity contribution in [1.29, 1.82) is 0 Å². The van der Waals surface area contributed by atoms with Gasteiger partial charge in [-0.2, -0.15) is 0 Å². The van der Waals surface area contributed by atoms with Crippen molar-refractivity contribution in [1.82, 2.24) is 5.32 Å². The van der Waals surface area contributed by atoms with Crippen molar-refractivity contribution in [3.63, 3.8) is 0 Å². The highest BCUT2D eigenvalue weighted by Gasteiger charge is 2.16. The Balaban J connectivity index is 2.28. The Morgan fingerprint density at radius 2 is 1.75 bits per heavy atom. The maximum atomic E-state index is 13.9. The van der Waals surface area contributed by atoms with Crippen LogP contribution in [0.4, 0.5) is 8.78 Å². The molecule has 0 radical (unpaired) electrons. The number of benzene rings is 2. The van der Waals surface area contributed by atoms with Crippen LogP contribution in [0.3, 0.4) is 0 Å². The highest BCUT2D eigenvalue weighted by molar-refractivity contribution is 9.10. The fourth-order valence-electron chi connectivity index (χ4n) is 2.17. The molecular formula is C16H16BrF2N. The lowest BCUT2D eigenvalue weighted by Gasteiger charge is -2.18. The molecule has 0 saturated carbocycles. The zero-order valence-corrected chi connectivity index (χ0v) is 13.0. The molecule has 0 aliphatic carbocycles. The van der Waals surface area contributed by atoms with Crippen LogP contribution in [0.25, 0.3) is 0 Å². The van der Waals surface area contributed by atoms with E-state index in [2.05, 4.69) is 21.2 Å². The van der Waals surface area contributed by atoms with E-state index >= 15 is 0 Å². The van der Waals surface area contributed by atoms with Crippen molar-refractivity contribution in [3.05, 3.63) is 69.2 Å². The van der Waals surface area contributed by atoms with Crippen molar-refractivity contribution in [3.8, 4) is 0 Å². The Hall–Kier alpha value is -1.26. The summed E-state index contributed by atoms with van der Waals surface area (Å²) in [7, 11) is 1.78. The SMILES string of the molecule is CNC(Cc1ccc(Br)cc1)c1cc(C)c(F)cc1F. The van der Waals surface area contributed by atoms with E-state index < -0.39 is 11.6 Å². The third-order valence-corrected chi connectivity index (χ3v) is 3.88. The van der Waals surface area contributed by atoms with Gasteiger partial charge in [-0.15, -0.1) is 0 Å². The number of likely N-dealkylation sites (N-methyl/N-ethyl adjacent to an activating group) is 1. The summed E-state index contributed by atoms with van der Waals surface area (Å²) in [5.41, 5.74) is 2.04. The smallest absolute Gasteiger partial charge is 0.130 e. The van der Waals surface area contributed by atoms with E-state index in [1.807, 2.05) is 24.3 Å². The van der Waals surface area contributed by atoms with Gasteiger partial charge >= 0.3 is 0 Å². The Bertz CT molecular complexity index is 596. The first-order valence-corrected chi connectivity index (χ1v) is 7.18. The van der Waals surface area contributed by atoms with Crippen LogP contribution in [-0.4, -0.2) is 7.05 Å². The maximum Gasteiger partial charge on any atom is 0.130 e. The zero-order chi connectivity index (χ0) is 14.7. The molecule has 1 unspecified atom stereocenters. The third-order valence-electron chi connectivity index (χ3n) is 3.35. The molecule has 1 atom stereocenters. The molecule has 4 heteroatoms. The van der Waals surface area contributed by atoms with Crippen LogP contribution >= 0.6 is 15.9 Å². The first-order valence-electron chi connectivity index (χ1n) is 6.38. The van der Waals surface area contributed by atoms with E-state index in [1.165, 1.54) is 0 Å². The molecule has 1 N–H and O–H groups in total. The van der Waals surface area contributed by atoms with Crippen molar-refractivity contribution in [2.75, 3.05) is 7.05 Å². The molecule has 0 aliphatic rings. The van der Waals surface area contributed by atoms with Crippen LogP contribution in [0.1, 0.15) is 22.7 Å². The minimum absolute atomic E-state index is 0.185. The monoisotopic (exact) mass is 339 g/mol. The molecule has 2 aromatic rings. The van der Waals surface area contributed by atoms with Gasteiger partial charge in [-0.3, -0.25) is 0 Å². The summed E-state index contributed by atoms with van der Waals surface area (Å²) in [4.78, 5) is 0. The predicted octanol–water partition coefficient (Wildman–Crippen LogP) is 4.54. The number of hydrogen-bond acceptors (Lipinski definition) is 1. The van der Waals surface area contributed by atoms with E-state index in [9.17, 15) is 8.78 Å². The summed E-state index contributed by atoms with van der Waals surface area (Å²) in [6.07, 6.45) is 0.645. The molecule has 0 amide bonds. The van der Waals surface area contributed by atoms with E-state index in [0.717, 1.165) is 16.1 Å². The minimum atomic E-state index is -0.510. The van der Waals surface area contributed by atoms with Crippen LogP contribution in [0.15, 0.2) is 40.9 Å². The standard InChI is InChI=1S/C16H16BrF2N/c1-10-7-13(15(19)9-14(10)18)16(20-2)8-11-3-5-12(17)6-4-11/h3-7,9,16,20H,8H2,1-2H3. The molecule has 0 bridgehead atoms. The number of hydrogen-bond donors (Lipinski definition) is 1. The average molecular weight is 340 g/mol. The maximum absolute atomic E-state index is 13.9. The van der Waals surface area contributed by atoms with Crippen molar-refractivity contribution < 1.29 is 8.78 Å². The molecule has 0 aromatic heterocycles. The van der Waals surface area contributed by atoms with Gasteiger partial charge in [0.05, 0.1) is 0 Å². The molecule has 0 spiro atoms. The highest BCUT2D eigenvalue weighted by atomic mass is 79.9. The molecule has 0 fully saturated rings. The van der Waals surface area contributed by atoms with Crippen molar-refractivity contribution in [2.45, 2.75) is 19.4 Å². The Labute approximate surface area is 126 Å². The molecule has 0 aliphatic heterocycles. The Kier molecular flexibility index (Phi) is 4.89. The number of halogens is 3. The van der Waals surface area contributed by atoms with Crippen molar-refractivity contribution in [2.24, 2.45) is 0 Å². The summed E-state index contributed by atoms with van der Waals surface area (Å²) in [6.45, 7) is 1.64. The fourth-order valence-corrected chi connectivity index (χ4v) is 2.43. The van der Waals surface area contributed by atoms with Gasteiger partial charge in [0.1, 0.15) is 11.6 Å². The van der Waals surface area contributed by atoms with Crippen molar-refractivity contribution >= 4 is 15.9 Å². The predicted molar refractivity (Wildman–Crippen MR) is 80.7 cm³/mol. The van der Waals surface area contributed by atoms with Crippen LogP contribution in [-0.2, 0) is 6.42 Å². The topological polar surface area (TPSA) is 12.0 Å². The molecule has 1 nitrogen and oxygen atoms in total. The summed E-state index contributed by atoms with van der Waals surface area (Å²) in [5.74, 6) is -1.02. The second-order valence-electron chi connectivity index (χ2n) is 4.79. The van der Waals surface area contributed by atoms with E-state index in [4.69, 9.17) is 0 Å². The van der Waals surface area contributed by atoms with Gasteiger partial charge in [0.15, 0.2) is 0 Å². The second kappa shape index (κ2) is 6.46. The lowest BCUT2D eigenvalue weighted by atomic mass is 9.97. The van der Waals surface area contributed by atoms with Gasteiger partial charge in [-0.25, -0.2) is 8.78 Å². The summed E-state index contributed by atoms with van der Waals surface area (Å²) in [5, 5.41) is 3.09. The van der Waals surface area contributed by atoms with Gasteiger partial charge < -0.3 is 5.32 Å². The number of nitrogens with one attached hydrogen (secondary N) is 1. The van der Waals surface area contributed by atoms with Crippen LogP contribution < -0.4 is 5.32 Å². The first kappa shape index (κ1) is 15.1. The summed E-state index contributed by atoms with van der Waals surface area (Å²) >= 11 is 3.39. The van der Waals surface area contributed by atoms with Crippen LogP contribution in [0, 0.1) is 18.6 Å². The molecule has 0 saturated heterocycles. The lowest BCUT2D eigenvalue weighted by molar-refractivity contribution is 0.519. The number of aryl methyl sites for hydroxylation is 1. The first-order chi connectivity index (χ1) is 9.51. The average Bonchev–Trinajstić information content (AvgIpc) is 2.43. The highest BCUT2D eigenvalue weighted by Crippen LogP contribution is 2.24. The fraction of sp³-hybridized carbons (Fsp3) is 0.250. The number of rotatable bonds is 4. The minimum Gasteiger partial charge on any atom is -0.313 e. The molecule has 0 heterocycles. The quantitative estimate of drug-likeness (QED) is 0.862. The van der Waals surface area contributed by atoms with Gasteiger partial charge in [-0.05, 0) is 49.7 Å². The zero-order valence-electron chi connectivity index (χ0n) is 11.4. The Morgan fingerprint density at radius 3 is 2.35 bits per heavy atom. The lowest BCUT2D eigenvalue weighted by Crippen LogP contribution is -2.20. The second-order valence-corrected chi connectivity index (χ2v) is 5.71. The van der Waals surface area contributed by atoms with E-state index in [0.29, 0.717) is 17.5 Å². The normalized spacial score (nSPS) is 12.4. The van der Waals surface area contributed by atoms with Gasteiger partial charge in [-0.1, -0.05) is 28.1 Å². The molecule has 2 aromatic carbocycles. The van der Waals surface area contributed by atoms with Gasteiger partial charge in [0.25, 0.3) is 0 Å².